The molecule has 0 aromatic heterocycles. The van der Waals surface area contributed by atoms with Crippen LogP contribution >= 0.6 is 0 Å². The molecule has 6 fully saturated rings. The quantitative estimate of drug-likeness (QED) is 0.643. The molecular formula is C31H37N5O. The van der Waals surface area contributed by atoms with Gasteiger partial charge in [-0.2, -0.15) is 5.26 Å². The van der Waals surface area contributed by atoms with E-state index in [1.54, 1.807) is 0 Å². The Bertz CT molecular complexity index is 1340. The zero-order valence-corrected chi connectivity index (χ0v) is 22.0. The van der Waals surface area contributed by atoms with E-state index in [2.05, 4.69) is 46.9 Å². The number of rotatable bonds is 4. The summed E-state index contributed by atoms with van der Waals surface area (Å²) in [5.41, 5.74) is 4.71. The molecule has 1 aromatic carbocycles. The lowest BCUT2D eigenvalue weighted by atomic mass is 9.26. The van der Waals surface area contributed by atoms with Crippen molar-refractivity contribution in [2.45, 2.75) is 75.4 Å². The van der Waals surface area contributed by atoms with Gasteiger partial charge in [0.25, 0.3) is 0 Å². The highest BCUT2D eigenvalue weighted by atomic mass is 16.3. The zero-order chi connectivity index (χ0) is 24.9. The number of fused-ring (bicyclic) bond motifs is 2. The Morgan fingerprint density at radius 1 is 1.24 bits per heavy atom. The van der Waals surface area contributed by atoms with Gasteiger partial charge in [0.2, 0.25) is 5.96 Å². The van der Waals surface area contributed by atoms with Gasteiger partial charge in [0.15, 0.2) is 0 Å². The Kier molecular flexibility index (Phi) is 3.79. The van der Waals surface area contributed by atoms with Gasteiger partial charge in [-0.3, -0.25) is 4.90 Å². The molecule has 8 atom stereocenters. The zero-order valence-electron chi connectivity index (χ0n) is 22.0. The molecule has 1 N–H and O–H groups in total. The maximum atomic E-state index is 10.8. The maximum absolute atomic E-state index is 10.8. The van der Waals surface area contributed by atoms with E-state index in [0.29, 0.717) is 34.5 Å². The van der Waals surface area contributed by atoms with E-state index in [9.17, 15) is 10.4 Å². The molecule has 2 saturated heterocycles. The minimum absolute atomic E-state index is 0.178. The summed E-state index contributed by atoms with van der Waals surface area (Å²) in [4.78, 5) is 12.6. The monoisotopic (exact) mass is 495 g/mol. The molecule has 3 heterocycles. The molecule has 4 saturated carbocycles. The third-order valence-corrected chi connectivity index (χ3v) is 12.6. The van der Waals surface area contributed by atoms with Crippen molar-refractivity contribution in [3.63, 3.8) is 0 Å². The largest absolute Gasteiger partial charge is 0.508 e. The van der Waals surface area contributed by atoms with Crippen LogP contribution in [0, 0.1) is 39.9 Å². The molecule has 5 aliphatic carbocycles. The topological polar surface area (TPSA) is 65.9 Å². The summed E-state index contributed by atoms with van der Waals surface area (Å²) in [6.45, 7) is 5.91. The SMILES string of the molecule is CC[C@H]1CC23CCC(N(C)C4=NC=C(C#N)C5CN45)C1C21c2cc(O)ccc2CC12CN(CC1CC1)C32. The number of phenolic OH excluding ortho intramolecular Hbond substituents is 1. The molecule has 192 valence electrons. The van der Waals surface area contributed by atoms with Gasteiger partial charge < -0.3 is 14.9 Å². The normalized spacial score (nSPS) is 45.6. The maximum Gasteiger partial charge on any atom is 0.201 e. The summed E-state index contributed by atoms with van der Waals surface area (Å²) in [6, 6.07) is 10.1. The molecule has 2 spiro atoms. The molecule has 2 bridgehead atoms. The summed E-state index contributed by atoms with van der Waals surface area (Å²) in [6.07, 6.45) is 11.0. The van der Waals surface area contributed by atoms with Crippen LogP contribution in [0.15, 0.2) is 35.0 Å². The fourth-order valence-electron chi connectivity index (χ4n) is 11.7. The van der Waals surface area contributed by atoms with Gasteiger partial charge in [-0.15, -0.1) is 0 Å². The Morgan fingerprint density at radius 2 is 2.11 bits per heavy atom. The van der Waals surface area contributed by atoms with E-state index in [0.717, 1.165) is 30.0 Å². The standard InChI is InChI=1S/C31H37N5O/c1-3-19-11-29-9-8-24(34(2)28-33-14-21(13-32)25-16-36(25)28)26(19)31(29)23-10-22(37)7-6-20(23)12-30(31)17-35(27(29)30)15-18-4-5-18/h6-7,10,14,18-19,24-27,37H,3-5,8-9,11-12,15-17H2,1-2H3/t19-,24?,25?,26?,27?,29?,30?,31?,36?/m0/s1. The van der Waals surface area contributed by atoms with Gasteiger partial charge >= 0.3 is 0 Å². The van der Waals surface area contributed by atoms with Crippen LogP contribution < -0.4 is 0 Å². The lowest BCUT2D eigenvalue weighted by Crippen LogP contribution is -2.91. The van der Waals surface area contributed by atoms with Crippen LogP contribution in [0.4, 0.5) is 0 Å². The minimum atomic E-state index is 0.178. The van der Waals surface area contributed by atoms with E-state index in [1.807, 2.05) is 12.3 Å². The number of piperidine rings is 1. The molecule has 7 unspecified atom stereocenters. The summed E-state index contributed by atoms with van der Waals surface area (Å²) < 4.78 is 0. The highest BCUT2D eigenvalue weighted by Crippen LogP contribution is 2.89. The molecule has 37 heavy (non-hydrogen) atoms. The molecule has 8 aliphatic rings. The van der Waals surface area contributed by atoms with Crippen molar-refractivity contribution < 1.29 is 5.11 Å². The number of guanidine groups is 1. The third kappa shape index (κ3) is 2.18. The van der Waals surface area contributed by atoms with Crippen molar-refractivity contribution >= 4 is 5.96 Å². The fourth-order valence-corrected chi connectivity index (χ4v) is 11.7. The van der Waals surface area contributed by atoms with Crippen LogP contribution in [0.25, 0.3) is 0 Å². The van der Waals surface area contributed by atoms with Crippen LogP contribution in [-0.2, 0) is 11.8 Å². The second-order valence-corrected chi connectivity index (χ2v) is 13.8. The highest BCUT2D eigenvalue weighted by Gasteiger charge is 2.92. The van der Waals surface area contributed by atoms with Gasteiger partial charge in [-0.05, 0) is 85.0 Å². The van der Waals surface area contributed by atoms with E-state index < -0.39 is 0 Å². The van der Waals surface area contributed by atoms with Crippen LogP contribution in [0.5, 0.6) is 5.75 Å². The number of hydrogen-bond acceptors (Lipinski definition) is 6. The molecular weight excluding hydrogens is 458 g/mol. The molecule has 6 heteroatoms. The number of nitrogens with zero attached hydrogens (tertiary/aromatic N) is 5. The first-order chi connectivity index (χ1) is 18.0. The van der Waals surface area contributed by atoms with Gasteiger partial charge in [0, 0.05) is 55.8 Å². The number of aliphatic imine (C=N–C) groups is 1. The Morgan fingerprint density at radius 3 is 2.89 bits per heavy atom. The van der Waals surface area contributed by atoms with Gasteiger partial charge in [-0.1, -0.05) is 19.4 Å². The van der Waals surface area contributed by atoms with Crippen molar-refractivity contribution in [1.82, 2.24) is 14.7 Å². The number of benzene rings is 1. The lowest BCUT2D eigenvalue weighted by Gasteiger charge is -2.84. The Labute approximate surface area is 219 Å². The first-order valence-corrected chi connectivity index (χ1v) is 14.7. The van der Waals surface area contributed by atoms with Crippen molar-refractivity contribution in [3.05, 3.63) is 41.1 Å². The van der Waals surface area contributed by atoms with E-state index >= 15 is 0 Å². The van der Waals surface area contributed by atoms with Gasteiger partial charge in [-0.25, -0.2) is 4.99 Å². The molecule has 1 aromatic rings. The predicted octanol–water partition coefficient (Wildman–Crippen LogP) is 3.87. The lowest BCUT2D eigenvalue weighted by molar-refractivity contribution is -0.323. The number of nitriles is 1. The summed E-state index contributed by atoms with van der Waals surface area (Å²) >= 11 is 0. The molecule has 6 nitrogen and oxygen atoms in total. The van der Waals surface area contributed by atoms with Crippen molar-refractivity contribution in [1.29, 1.82) is 5.26 Å². The van der Waals surface area contributed by atoms with Crippen molar-refractivity contribution in [3.8, 4) is 11.8 Å². The van der Waals surface area contributed by atoms with Crippen LogP contribution in [0.2, 0.25) is 0 Å². The molecule has 0 radical (unpaired) electrons. The van der Waals surface area contributed by atoms with E-state index in [1.165, 1.54) is 69.2 Å². The van der Waals surface area contributed by atoms with E-state index in [4.69, 9.17) is 4.99 Å². The summed E-state index contributed by atoms with van der Waals surface area (Å²) in [5, 5.41) is 20.2. The van der Waals surface area contributed by atoms with E-state index in [-0.39, 0.29) is 11.5 Å². The molecule has 9 rings (SSSR count). The number of aromatic hydroxyl groups is 1. The summed E-state index contributed by atoms with van der Waals surface area (Å²) in [7, 11) is 2.28. The first-order valence-electron chi connectivity index (χ1n) is 14.7. The fraction of sp³-hybridized carbons (Fsp3) is 0.677. The number of phenols is 1. The Hall–Kier alpha value is -2.52. The second-order valence-electron chi connectivity index (χ2n) is 13.8. The smallest absolute Gasteiger partial charge is 0.201 e. The minimum Gasteiger partial charge on any atom is -0.508 e. The first kappa shape index (κ1) is 21.4. The second kappa shape index (κ2) is 6.54. The number of hydrogen-bond donors (Lipinski definition) is 1. The average molecular weight is 496 g/mol. The van der Waals surface area contributed by atoms with Crippen molar-refractivity contribution in [2.75, 3.05) is 26.7 Å². The highest BCUT2D eigenvalue weighted by molar-refractivity contribution is 5.86. The predicted molar refractivity (Wildman–Crippen MR) is 141 cm³/mol. The molecule has 0 amide bonds. The summed E-state index contributed by atoms with van der Waals surface area (Å²) in [5.74, 6) is 3.74. The van der Waals surface area contributed by atoms with Gasteiger partial charge in [0.1, 0.15) is 5.75 Å². The average Bonchev–Trinajstić information content (AvgIpc) is 3.80. The van der Waals surface area contributed by atoms with Crippen molar-refractivity contribution in [2.24, 2.45) is 33.6 Å². The van der Waals surface area contributed by atoms with Gasteiger partial charge in [0.05, 0.1) is 17.7 Å². The number of likely N-dealkylation sites (tertiary alicyclic amines) is 1. The third-order valence-electron chi connectivity index (χ3n) is 12.6. The van der Waals surface area contributed by atoms with Crippen LogP contribution in [-0.4, -0.2) is 70.6 Å². The Balaban J connectivity index is 1.18. The van der Waals surface area contributed by atoms with Crippen LogP contribution in [0.1, 0.15) is 56.6 Å². The van der Waals surface area contributed by atoms with Crippen LogP contribution in [0.3, 0.4) is 0 Å². The molecule has 3 aliphatic heterocycles.